The lowest BCUT2D eigenvalue weighted by Gasteiger charge is -2.14. The Morgan fingerprint density at radius 3 is 2.71 bits per heavy atom. The van der Waals surface area contributed by atoms with E-state index >= 15 is 0 Å². The van der Waals surface area contributed by atoms with Gasteiger partial charge in [-0.1, -0.05) is 23.2 Å². The molecule has 1 N–H and O–H groups in total. The minimum Gasteiger partial charge on any atom is -0.487 e. The number of aromatic nitrogens is 2. The molecule has 0 fully saturated rings. The Morgan fingerprint density at radius 1 is 1.38 bits per heavy atom. The first-order valence-corrected chi connectivity index (χ1v) is 7.51. The van der Waals surface area contributed by atoms with Crippen LogP contribution >= 0.6 is 23.2 Å². The number of benzene rings is 1. The maximum absolute atomic E-state index is 9.80. The molecule has 0 spiro atoms. The van der Waals surface area contributed by atoms with Crippen LogP contribution in [0.1, 0.15) is 36.9 Å². The first-order chi connectivity index (χ1) is 9.93. The van der Waals surface area contributed by atoms with Crippen LogP contribution in [0.4, 0.5) is 0 Å². The van der Waals surface area contributed by atoms with Gasteiger partial charge in [0.2, 0.25) is 0 Å². The first-order valence-electron chi connectivity index (χ1n) is 6.76. The summed E-state index contributed by atoms with van der Waals surface area (Å²) >= 11 is 12.2. The van der Waals surface area contributed by atoms with Crippen LogP contribution in [0.3, 0.4) is 0 Å². The van der Waals surface area contributed by atoms with Crippen LogP contribution in [0.15, 0.2) is 18.2 Å². The smallest absolute Gasteiger partial charge is 0.131 e. The van der Waals surface area contributed by atoms with E-state index in [1.807, 2.05) is 18.5 Å². The fourth-order valence-corrected chi connectivity index (χ4v) is 2.50. The van der Waals surface area contributed by atoms with Crippen molar-refractivity contribution in [3.8, 4) is 5.75 Å². The molecular formula is C15H18Cl2N2O2. The minimum absolute atomic E-state index is 0.287. The third-order valence-electron chi connectivity index (χ3n) is 3.24. The van der Waals surface area contributed by atoms with Gasteiger partial charge in [-0.15, -0.1) is 0 Å². The molecule has 2 rings (SSSR count). The normalized spacial score (nSPS) is 12.5. The summed E-state index contributed by atoms with van der Waals surface area (Å²) in [5.74, 6) is 0.590. The van der Waals surface area contributed by atoms with Gasteiger partial charge in [-0.3, -0.25) is 4.68 Å². The van der Waals surface area contributed by atoms with Crippen molar-refractivity contribution >= 4 is 23.2 Å². The third kappa shape index (κ3) is 3.51. The maximum atomic E-state index is 9.80. The number of halogens is 2. The van der Waals surface area contributed by atoms with Gasteiger partial charge in [-0.2, -0.15) is 5.10 Å². The van der Waals surface area contributed by atoms with E-state index < -0.39 is 6.10 Å². The highest BCUT2D eigenvalue weighted by molar-refractivity contribution is 6.31. The van der Waals surface area contributed by atoms with Gasteiger partial charge in [0.1, 0.15) is 12.4 Å². The molecule has 114 valence electrons. The summed E-state index contributed by atoms with van der Waals surface area (Å²) in [7, 11) is 0. The summed E-state index contributed by atoms with van der Waals surface area (Å²) in [5, 5.41) is 15.3. The fraction of sp³-hybridized carbons (Fsp3) is 0.400. The summed E-state index contributed by atoms with van der Waals surface area (Å²) in [6, 6.07) is 5.18. The van der Waals surface area contributed by atoms with Gasteiger partial charge in [0, 0.05) is 17.1 Å². The zero-order chi connectivity index (χ0) is 15.6. The molecule has 0 aliphatic heterocycles. The number of aryl methyl sites for hydroxylation is 2. The summed E-state index contributed by atoms with van der Waals surface area (Å²) in [5.41, 5.74) is 2.25. The summed E-state index contributed by atoms with van der Waals surface area (Å²) in [6.45, 7) is 6.54. The minimum atomic E-state index is -0.660. The zero-order valence-corrected chi connectivity index (χ0v) is 13.7. The van der Waals surface area contributed by atoms with Gasteiger partial charge in [0.15, 0.2) is 0 Å². The van der Waals surface area contributed by atoms with Crippen molar-refractivity contribution in [1.29, 1.82) is 0 Å². The highest BCUT2D eigenvalue weighted by Crippen LogP contribution is 2.30. The van der Waals surface area contributed by atoms with Crippen LogP contribution in [0, 0.1) is 6.92 Å². The first kappa shape index (κ1) is 16.1. The van der Waals surface area contributed by atoms with E-state index in [9.17, 15) is 5.11 Å². The van der Waals surface area contributed by atoms with Crippen LogP contribution in [0.2, 0.25) is 10.0 Å². The number of hydrogen-bond acceptors (Lipinski definition) is 3. The Labute approximate surface area is 134 Å². The number of aliphatic hydroxyl groups is 1. The molecule has 6 heteroatoms. The average molecular weight is 329 g/mol. The second kappa shape index (κ2) is 6.69. The van der Waals surface area contributed by atoms with Crippen LogP contribution in [0.5, 0.6) is 5.75 Å². The lowest BCUT2D eigenvalue weighted by molar-refractivity contribution is 0.189. The number of hydrogen-bond donors (Lipinski definition) is 1. The van der Waals surface area contributed by atoms with Crippen molar-refractivity contribution in [2.45, 2.75) is 40.0 Å². The van der Waals surface area contributed by atoms with Crippen LogP contribution < -0.4 is 4.74 Å². The number of ether oxygens (including phenoxy) is 1. The van der Waals surface area contributed by atoms with Gasteiger partial charge >= 0.3 is 0 Å². The van der Waals surface area contributed by atoms with Crippen LogP contribution in [-0.2, 0) is 13.2 Å². The van der Waals surface area contributed by atoms with E-state index in [1.165, 1.54) is 0 Å². The second-order valence-corrected chi connectivity index (χ2v) is 5.62. The van der Waals surface area contributed by atoms with Gasteiger partial charge < -0.3 is 9.84 Å². The van der Waals surface area contributed by atoms with Gasteiger partial charge in [-0.05, 0) is 39.0 Å². The molecule has 2 aromatic rings. The Hall–Kier alpha value is -1.23. The Kier molecular flexibility index (Phi) is 5.14. The molecule has 1 atom stereocenters. The highest BCUT2D eigenvalue weighted by atomic mass is 35.5. The largest absolute Gasteiger partial charge is 0.487 e. The van der Waals surface area contributed by atoms with E-state index in [0.717, 1.165) is 17.9 Å². The van der Waals surface area contributed by atoms with Crippen molar-refractivity contribution < 1.29 is 9.84 Å². The van der Waals surface area contributed by atoms with Crippen LogP contribution in [-0.4, -0.2) is 14.9 Å². The van der Waals surface area contributed by atoms with E-state index in [-0.39, 0.29) is 6.61 Å². The molecule has 21 heavy (non-hydrogen) atoms. The van der Waals surface area contributed by atoms with Crippen molar-refractivity contribution in [1.82, 2.24) is 9.78 Å². The van der Waals surface area contributed by atoms with Crippen molar-refractivity contribution in [2.24, 2.45) is 0 Å². The van der Waals surface area contributed by atoms with E-state index in [4.69, 9.17) is 27.9 Å². The predicted octanol–water partition coefficient (Wildman–Crippen LogP) is 4.15. The molecule has 0 radical (unpaired) electrons. The lowest BCUT2D eigenvalue weighted by atomic mass is 10.1. The van der Waals surface area contributed by atoms with Crippen molar-refractivity contribution in [2.75, 3.05) is 0 Å². The van der Waals surface area contributed by atoms with Crippen molar-refractivity contribution in [3.63, 3.8) is 0 Å². The Balaban J connectivity index is 2.25. The summed E-state index contributed by atoms with van der Waals surface area (Å²) in [6.07, 6.45) is -0.660. The molecule has 0 saturated heterocycles. The molecule has 0 saturated carbocycles. The number of rotatable bonds is 5. The predicted molar refractivity (Wildman–Crippen MR) is 84.1 cm³/mol. The van der Waals surface area contributed by atoms with Gasteiger partial charge in [-0.25, -0.2) is 0 Å². The van der Waals surface area contributed by atoms with Crippen LogP contribution in [0.25, 0.3) is 0 Å². The molecule has 1 heterocycles. The third-order valence-corrected chi connectivity index (χ3v) is 3.97. The Morgan fingerprint density at radius 2 is 2.10 bits per heavy atom. The van der Waals surface area contributed by atoms with E-state index in [2.05, 4.69) is 5.10 Å². The molecular weight excluding hydrogens is 311 g/mol. The summed E-state index contributed by atoms with van der Waals surface area (Å²) < 4.78 is 7.63. The number of aliphatic hydroxyl groups excluding tert-OH is 1. The summed E-state index contributed by atoms with van der Waals surface area (Å²) in [4.78, 5) is 0. The molecule has 1 aromatic carbocycles. The maximum Gasteiger partial charge on any atom is 0.131 e. The SMILES string of the molecule is CCn1nc(C)c(Cl)c1COc1ccc(Cl)cc1[C@H](C)O. The second-order valence-electron chi connectivity index (χ2n) is 4.81. The van der Waals surface area contributed by atoms with Crippen molar-refractivity contribution in [3.05, 3.63) is 45.2 Å². The van der Waals surface area contributed by atoms with Gasteiger partial charge in [0.25, 0.3) is 0 Å². The topological polar surface area (TPSA) is 47.3 Å². The average Bonchev–Trinajstić information content (AvgIpc) is 2.72. The standard InChI is InChI=1S/C15H18Cl2N2O2/c1-4-19-13(15(17)9(2)18-19)8-21-14-6-5-11(16)7-12(14)10(3)20/h5-7,10,20H,4,8H2,1-3H3/t10-/m0/s1. The molecule has 0 aliphatic rings. The van der Waals surface area contributed by atoms with Gasteiger partial charge in [0.05, 0.1) is 22.5 Å². The molecule has 4 nitrogen and oxygen atoms in total. The monoisotopic (exact) mass is 328 g/mol. The molecule has 0 bridgehead atoms. The lowest BCUT2D eigenvalue weighted by Crippen LogP contribution is -2.08. The Bertz CT molecular complexity index is 639. The number of nitrogens with zero attached hydrogens (tertiary/aromatic N) is 2. The van der Waals surface area contributed by atoms with E-state index in [1.54, 1.807) is 25.1 Å². The fourth-order valence-electron chi connectivity index (χ4n) is 2.13. The zero-order valence-electron chi connectivity index (χ0n) is 12.2. The molecule has 0 aliphatic carbocycles. The molecule has 0 amide bonds. The molecule has 1 aromatic heterocycles. The van der Waals surface area contributed by atoms with E-state index in [0.29, 0.717) is 21.4 Å². The molecule has 0 unspecified atom stereocenters. The highest BCUT2D eigenvalue weighted by Gasteiger charge is 2.15. The quantitative estimate of drug-likeness (QED) is 0.896.